The van der Waals surface area contributed by atoms with E-state index in [0.717, 1.165) is 0 Å². The molecule has 1 aromatic rings. The number of rotatable bonds is 1. The van der Waals surface area contributed by atoms with Gasteiger partial charge in [-0.15, -0.1) is 5.92 Å². The fraction of sp³-hybridized carbons (Fsp3) is 0.333. The van der Waals surface area contributed by atoms with E-state index in [9.17, 15) is 0 Å². The topological polar surface area (TPSA) is 0 Å². The van der Waals surface area contributed by atoms with Crippen LogP contribution in [0.25, 0.3) is 0 Å². The van der Waals surface area contributed by atoms with Crippen LogP contribution < -0.4 is 116 Å². The average Bonchev–Trinajstić information content (AvgIpc) is 1.90. The van der Waals surface area contributed by atoms with E-state index in [1.807, 2.05) is 12.1 Å². The molecule has 0 N–H and O–H groups in total. The zero-order chi connectivity index (χ0) is 6.69. The molecule has 0 atom stereocenters. The number of benzene rings is 1. The van der Waals surface area contributed by atoms with Gasteiger partial charge in [0.15, 0.2) is 0 Å². The van der Waals surface area contributed by atoms with Crippen LogP contribution in [0.15, 0.2) is 18.2 Å². The van der Waals surface area contributed by atoms with Gasteiger partial charge in [0.25, 0.3) is 0 Å². The molecule has 0 radical (unpaired) electrons. The van der Waals surface area contributed by atoms with E-state index < -0.39 is 0 Å². The van der Waals surface area contributed by atoms with E-state index in [4.69, 9.17) is 0 Å². The Hall–Kier alpha value is 2.83. The van der Waals surface area contributed by atoms with Crippen molar-refractivity contribution in [2.75, 3.05) is 0 Å². The Balaban J connectivity index is 0. The minimum Gasteiger partial charge on any atom is -0.359 e. The number of hydrogen-bond donors (Lipinski definition) is 0. The standard InChI is InChI=1S/C9H10.2Rb/c1-8(2)9-6-4-3-5-7-9;;/h3,6-8H,1-2H3;;/q-2;2*+1. The maximum Gasteiger partial charge on any atom is 1.00 e. The van der Waals surface area contributed by atoms with Crippen molar-refractivity contribution in [3.63, 3.8) is 0 Å². The van der Waals surface area contributed by atoms with Crippen LogP contribution >= 0.6 is 0 Å². The van der Waals surface area contributed by atoms with E-state index in [1.54, 1.807) is 6.07 Å². The molecule has 0 amide bonds. The molecular weight excluding hydrogens is 279 g/mol. The van der Waals surface area contributed by atoms with Gasteiger partial charge in [0.05, 0.1) is 0 Å². The van der Waals surface area contributed by atoms with E-state index in [0.29, 0.717) is 5.92 Å². The molecule has 11 heavy (non-hydrogen) atoms. The first-order chi connectivity index (χ1) is 4.30. The fourth-order valence-electron chi connectivity index (χ4n) is 0.699. The summed E-state index contributed by atoms with van der Waals surface area (Å²) in [5.74, 6) is 0.596. The van der Waals surface area contributed by atoms with Crippen molar-refractivity contribution in [3.8, 4) is 0 Å². The molecule has 0 unspecified atom stereocenters. The molecule has 0 saturated heterocycles. The molecular formula is C9H10Rb2. The smallest absolute Gasteiger partial charge is 0.359 e. The Bertz CT molecular complexity index is 170. The van der Waals surface area contributed by atoms with Crippen molar-refractivity contribution in [1.82, 2.24) is 0 Å². The summed E-state index contributed by atoms with van der Waals surface area (Å²) in [5.41, 5.74) is 1.30. The van der Waals surface area contributed by atoms with E-state index in [-0.39, 0.29) is 116 Å². The summed E-state index contributed by atoms with van der Waals surface area (Å²) in [6, 6.07) is 11.8. The van der Waals surface area contributed by atoms with Crippen molar-refractivity contribution >= 4 is 0 Å². The third kappa shape index (κ3) is 6.84. The molecule has 0 nitrogen and oxygen atoms in total. The van der Waals surface area contributed by atoms with E-state index in [2.05, 4.69) is 26.0 Å². The van der Waals surface area contributed by atoms with Gasteiger partial charge in [-0.3, -0.25) is 17.7 Å². The van der Waals surface area contributed by atoms with Crippen molar-refractivity contribution in [2.24, 2.45) is 0 Å². The summed E-state index contributed by atoms with van der Waals surface area (Å²) in [4.78, 5) is 0. The summed E-state index contributed by atoms with van der Waals surface area (Å²) >= 11 is 0. The maximum absolute atomic E-state index is 2.99. The van der Waals surface area contributed by atoms with Gasteiger partial charge in [-0.05, 0) is 0 Å². The Morgan fingerprint density at radius 1 is 1.09 bits per heavy atom. The first-order valence-electron chi connectivity index (χ1n) is 3.18. The van der Waals surface area contributed by atoms with Crippen LogP contribution in [0.4, 0.5) is 0 Å². The van der Waals surface area contributed by atoms with Crippen molar-refractivity contribution in [1.29, 1.82) is 0 Å². The molecule has 0 saturated carbocycles. The Kier molecular flexibility index (Phi) is 13.9. The van der Waals surface area contributed by atoms with Gasteiger partial charge in [0, 0.05) is 0 Å². The summed E-state index contributed by atoms with van der Waals surface area (Å²) in [5, 5.41) is 0. The molecule has 1 aromatic carbocycles. The SMILES string of the molecule is CC(C)c1c[c-]c[c-]c1.[Rb+].[Rb+]. The average molecular weight is 289 g/mol. The van der Waals surface area contributed by atoms with Gasteiger partial charge < -0.3 is 18.2 Å². The molecule has 0 aliphatic rings. The summed E-state index contributed by atoms with van der Waals surface area (Å²) in [6.45, 7) is 4.33. The van der Waals surface area contributed by atoms with Crippen LogP contribution in [-0.2, 0) is 0 Å². The molecule has 0 aliphatic heterocycles. The van der Waals surface area contributed by atoms with E-state index in [1.165, 1.54) is 5.56 Å². The molecule has 0 fully saturated rings. The quantitative estimate of drug-likeness (QED) is 0.469. The molecule has 0 bridgehead atoms. The van der Waals surface area contributed by atoms with Crippen LogP contribution in [0, 0.1) is 12.1 Å². The van der Waals surface area contributed by atoms with Crippen LogP contribution in [0.1, 0.15) is 25.3 Å². The summed E-state index contributed by atoms with van der Waals surface area (Å²) in [6.07, 6.45) is 0. The zero-order valence-corrected chi connectivity index (χ0v) is 17.6. The van der Waals surface area contributed by atoms with Crippen molar-refractivity contribution in [2.45, 2.75) is 19.8 Å². The molecule has 0 aliphatic carbocycles. The van der Waals surface area contributed by atoms with Crippen LogP contribution in [0.2, 0.25) is 0 Å². The Morgan fingerprint density at radius 2 is 1.55 bits per heavy atom. The predicted octanol–water partition coefficient (Wildman–Crippen LogP) is -3.58. The third-order valence-electron chi connectivity index (χ3n) is 1.33. The summed E-state index contributed by atoms with van der Waals surface area (Å²) < 4.78 is 0. The minimum atomic E-state index is 0. The van der Waals surface area contributed by atoms with Gasteiger partial charge in [-0.1, -0.05) is 13.8 Å². The molecule has 0 spiro atoms. The first-order valence-corrected chi connectivity index (χ1v) is 3.18. The van der Waals surface area contributed by atoms with Gasteiger partial charge >= 0.3 is 116 Å². The molecule has 0 aromatic heterocycles. The minimum absolute atomic E-state index is 0. The predicted molar refractivity (Wildman–Crippen MR) is 38.2 cm³/mol. The second kappa shape index (κ2) is 9.39. The number of hydrogen-bond acceptors (Lipinski definition) is 0. The van der Waals surface area contributed by atoms with Crippen LogP contribution in [0.3, 0.4) is 0 Å². The van der Waals surface area contributed by atoms with Gasteiger partial charge in [-0.2, -0.15) is 0 Å². The zero-order valence-electron chi connectivity index (χ0n) is 7.81. The van der Waals surface area contributed by atoms with Crippen LogP contribution in [0.5, 0.6) is 0 Å². The van der Waals surface area contributed by atoms with Gasteiger partial charge in [-0.25, -0.2) is 0 Å². The normalized spacial score (nSPS) is 8.27. The Morgan fingerprint density at radius 3 is 1.82 bits per heavy atom. The van der Waals surface area contributed by atoms with Gasteiger partial charge in [0.1, 0.15) is 0 Å². The molecule has 1 rings (SSSR count). The third-order valence-corrected chi connectivity index (χ3v) is 1.33. The summed E-state index contributed by atoms with van der Waals surface area (Å²) in [7, 11) is 0. The van der Waals surface area contributed by atoms with Gasteiger partial charge in [0.2, 0.25) is 0 Å². The Labute approximate surface area is 167 Å². The molecule has 48 valence electrons. The monoisotopic (exact) mass is 288 g/mol. The first kappa shape index (κ1) is 16.3. The second-order valence-electron chi connectivity index (χ2n) is 2.42. The van der Waals surface area contributed by atoms with E-state index >= 15 is 0 Å². The van der Waals surface area contributed by atoms with Crippen molar-refractivity contribution in [3.05, 3.63) is 35.9 Å². The van der Waals surface area contributed by atoms with Crippen molar-refractivity contribution < 1.29 is 116 Å². The molecule has 2 heteroatoms. The molecule has 0 heterocycles. The largest absolute Gasteiger partial charge is 1.00 e. The van der Waals surface area contributed by atoms with Crippen LogP contribution in [-0.4, -0.2) is 0 Å². The fourth-order valence-corrected chi connectivity index (χ4v) is 0.699. The second-order valence-corrected chi connectivity index (χ2v) is 2.42. The maximum atomic E-state index is 2.99.